The first kappa shape index (κ1) is 11.5. The van der Waals surface area contributed by atoms with Gasteiger partial charge in [0.15, 0.2) is 0 Å². The number of nitrogens with zero attached hydrogens (tertiary/aromatic N) is 2. The molecule has 0 saturated carbocycles. The molecule has 0 amide bonds. The van der Waals surface area contributed by atoms with Crippen LogP contribution >= 0.6 is 0 Å². The van der Waals surface area contributed by atoms with E-state index in [-0.39, 0.29) is 0 Å². The van der Waals surface area contributed by atoms with Crippen molar-refractivity contribution in [3.8, 4) is 0 Å². The van der Waals surface area contributed by atoms with Crippen molar-refractivity contribution < 1.29 is 0 Å². The normalized spacial score (nSPS) is 10.6. The molecule has 3 rings (SSSR count). The average molecular weight is 250 g/mol. The van der Waals surface area contributed by atoms with Crippen molar-refractivity contribution in [2.75, 3.05) is 11.1 Å². The number of aromatic nitrogens is 2. The summed E-state index contributed by atoms with van der Waals surface area (Å²) in [7, 11) is 0. The van der Waals surface area contributed by atoms with Crippen LogP contribution in [0, 0.1) is 6.92 Å². The number of pyridine rings is 2. The van der Waals surface area contributed by atoms with E-state index in [0.29, 0.717) is 5.69 Å². The number of anilines is 3. The molecule has 94 valence electrons. The molecule has 3 N–H and O–H groups in total. The first-order valence-electron chi connectivity index (χ1n) is 6.07. The van der Waals surface area contributed by atoms with Crippen molar-refractivity contribution >= 4 is 28.1 Å². The van der Waals surface area contributed by atoms with Crippen molar-refractivity contribution in [1.82, 2.24) is 9.97 Å². The van der Waals surface area contributed by atoms with Crippen LogP contribution < -0.4 is 11.1 Å². The molecule has 0 fully saturated rings. The Morgan fingerprint density at radius 3 is 2.84 bits per heavy atom. The number of nitrogens with one attached hydrogen (secondary N) is 1. The van der Waals surface area contributed by atoms with Gasteiger partial charge >= 0.3 is 0 Å². The maximum atomic E-state index is 5.71. The van der Waals surface area contributed by atoms with E-state index in [4.69, 9.17) is 5.73 Å². The molecule has 2 heterocycles. The Kier molecular flexibility index (Phi) is 2.76. The Labute approximate surface area is 111 Å². The fourth-order valence-corrected chi connectivity index (χ4v) is 2.07. The maximum Gasteiger partial charge on any atom is 0.133 e. The van der Waals surface area contributed by atoms with Gasteiger partial charge in [0.25, 0.3) is 0 Å². The van der Waals surface area contributed by atoms with Gasteiger partial charge in [0, 0.05) is 17.3 Å². The van der Waals surface area contributed by atoms with Gasteiger partial charge in [0.1, 0.15) is 5.82 Å². The summed E-state index contributed by atoms with van der Waals surface area (Å²) < 4.78 is 0. The predicted molar refractivity (Wildman–Crippen MR) is 78.4 cm³/mol. The highest BCUT2D eigenvalue weighted by Crippen LogP contribution is 2.26. The van der Waals surface area contributed by atoms with E-state index in [9.17, 15) is 0 Å². The third kappa shape index (κ3) is 2.20. The Balaban J connectivity index is 2.06. The van der Waals surface area contributed by atoms with Gasteiger partial charge in [-0.15, -0.1) is 0 Å². The number of nitrogens with two attached hydrogens (primary N) is 1. The smallest absolute Gasteiger partial charge is 0.133 e. The summed E-state index contributed by atoms with van der Waals surface area (Å²) in [6.07, 6.45) is 3.44. The lowest BCUT2D eigenvalue weighted by molar-refractivity contribution is 1.26. The zero-order valence-corrected chi connectivity index (χ0v) is 10.6. The number of fused-ring (bicyclic) bond motifs is 1. The second kappa shape index (κ2) is 4.57. The van der Waals surface area contributed by atoms with Crippen molar-refractivity contribution in [2.45, 2.75) is 6.92 Å². The summed E-state index contributed by atoms with van der Waals surface area (Å²) in [5, 5.41) is 4.41. The molecule has 19 heavy (non-hydrogen) atoms. The lowest BCUT2D eigenvalue weighted by Gasteiger charge is -2.11. The quantitative estimate of drug-likeness (QED) is 0.732. The Morgan fingerprint density at radius 2 is 2.00 bits per heavy atom. The van der Waals surface area contributed by atoms with Crippen molar-refractivity contribution in [3.05, 3.63) is 54.4 Å². The standard InChI is InChI=1S/C15H14N4/c1-10-8-11(16)9-18-15(10)19-14-6-2-5-13-12(14)4-3-7-17-13/h2-9H,16H2,1H3,(H,18,19). The second-order valence-electron chi connectivity index (χ2n) is 4.43. The summed E-state index contributed by atoms with van der Waals surface area (Å²) in [4.78, 5) is 8.66. The first-order valence-corrected chi connectivity index (χ1v) is 6.07. The van der Waals surface area contributed by atoms with Crippen LogP contribution in [0.4, 0.5) is 17.2 Å². The summed E-state index contributed by atoms with van der Waals surface area (Å²) in [5.41, 5.74) is 9.35. The van der Waals surface area contributed by atoms with E-state index in [0.717, 1.165) is 28.0 Å². The van der Waals surface area contributed by atoms with Gasteiger partial charge in [-0.1, -0.05) is 6.07 Å². The summed E-state index contributed by atoms with van der Waals surface area (Å²) in [6.45, 7) is 1.98. The monoisotopic (exact) mass is 250 g/mol. The van der Waals surface area contributed by atoms with Gasteiger partial charge in [-0.3, -0.25) is 4.98 Å². The third-order valence-corrected chi connectivity index (χ3v) is 3.00. The predicted octanol–water partition coefficient (Wildman–Crippen LogP) is 3.26. The SMILES string of the molecule is Cc1cc(N)cnc1Nc1cccc2ncccc12. The van der Waals surface area contributed by atoms with Crippen molar-refractivity contribution in [2.24, 2.45) is 0 Å². The van der Waals surface area contributed by atoms with Crippen LogP contribution in [0.25, 0.3) is 10.9 Å². The molecular weight excluding hydrogens is 236 g/mol. The number of hydrogen-bond acceptors (Lipinski definition) is 4. The molecule has 1 aromatic carbocycles. The highest BCUT2D eigenvalue weighted by Gasteiger charge is 2.04. The van der Waals surface area contributed by atoms with Crippen LogP contribution in [0.1, 0.15) is 5.56 Å². The molecule has 0 bridgehead atoms. The molecule has 0 aliphatic rings. The van der Waals surface area contributed by atoms with Crippen LogP contribution in [0.2, 0.25) is 0 Å². The molecule has 4 nitrogen and oxygen atoms in total. The van der Waals surface area contributed by atoms with Crippen LogP contribution in [0.5, 0.6) is 0 Å². The minimum absolute atomic E-state index is 0.669. The van der Waals surface area contributed by atoms with Crippen LogP contribution in [-0.4, -0.2) is 9.97 Å². The van der Waals surface area contributed by atoms with E-state index >= 15 is 0 Å². The Bertz CT molecular complexity index is 732. The van der Waals surface area contributed by atoms with Gasteiger partial charge in [-0.2, -0.15) is 0 Å². The largest absolute Gasteiger partial charge is 0.397 e. The fraction of sp³-hybridized carbons (Fsp3) is 0.0667. The van der Waals surface area contributed by atoms with Crippen LogP contribution in [0.3, 0.4) is 0 Å². The zero-order valence-electron chi connectivity index (χ0n) is 10.6. The van der Waals surface area contributed by atoms with E-state index in [1.165, 1.54) is 0 Å². The van der Waals surface area contributed by atoms with Crippen LogP contribution in [0.15, 0.2) is 48.8 Å². The Hall–Kier alpha value is -2.62. The molecule has 0 saturated heterocycles. The molecule has 0 spiro atoms. The number of rotatable bonds is 2. The van der Waals surface area contributed by atoms with Gasteiger partial charge in [-0.05, 0) is 42.8 Å². The number of aryl methyl sites for hydroxylation is 1. The number of nitrogen functional groups attached to an aromatic ring is 1. The molecule has 4 heteroatoms. The van der Waals surface area contributed by atoms with Gasteiger partial charge in [0.05, 0.1) is 17.4 Å². The van der Waals surface area contributed by atoms with Crippen molar-refractivity contribution in [3.63, 3.8) is 0 Å². The second-order valence-corrected chi connectivity index (χ2v) is 4.43. The molecule has 0 aliphatic heterocycles. The van der Waals surface area contributed by atoms with E-state index in [1.54, 1.807) is 12.4 Å². The lowest BCUT2D eigenvalue weighted by atomic mass is 10.1. The maximum absolute atomic E-state index is 5.71. The number of benzene rings is 1. The highest BCUT2D eigenvalue weighted by atomic mass is 15.0. The zero-order chi connectivity index (χ0) is 13.2. The Morgan fingerprint density at radius 1 is 1.11 bits per heavy atom. The van der Waals surface area contributed by atoms with E-state index in [2.05, 4.69) is 15.3 Å². The van der Waals surface area contributed by atoms with Gasteiger partial charge in [0.2, 0.25) is 0 Å². The third-order valence-electron chi connectivity index (χ3n) is 3.00. The minimum atomic E-state index is 0.669. The topological polar surface area (TPSA) is 63.8 Å². The van der Waals surface area contributed by atoms with E-state index in [1.807, 2.05) is 43.3 Å². The average Bonchev–Trinajstić information content (AvgIpc) is 2.42. The first-order chi connectivity index (χ1) is 9.24. The molecular formula is C15H14N4. The molecule has 0 unspecified atom stereocenters. The number of hydrogen-bond donors (Lipinski definition) is 2. The summed E-state index contributed by atoms with van der Waals surface area (Å²) in [6, 6.07) is 11.8. The summed E-state index contributed by atoms with van der Waals surface area (Å²) in [5.74, 6) is 0.811. The van der Waals surface area contributed by atoms with Crippen molar-refractivity contribution in [1.29, 1.82) is 0 Å². The molecule has 0 radical (unpaired) electrons. The highest BCUT2D eigenvalue weighted by molar-refractivity contribution is 5.92. The molecule has 0 atom stereocenters. The molecule has 2 aromatic heterocycles. The minimum Gasteiger partial charge on any atom is -0.397 e. The van der Waals surface area contributed by atoms with Crippen LogP contribution in [-0.2, 0) is 0 Å². The molecule has 0 aliphatic carbocycles. The summed E-state index contributed by atoms with van der Waals surface area (Å²) >= 11 is 0. The molecule has 3 aromatic rings. The van der Waals surface area contributed by atoms with Gasteiger partial charge in [-0.25, -0.2) is 4.98 Å². The lowest BCUT2D eigenvalue weighted by Crippen LogP contribution is -1.98. The van der Waals surface area contributed by atoms with Gasteiger partial charge < -0.3 is 11.1 Å². The van der Waals surface area contributed by atoms with E-state index < -0.39 is 0 Å². The fourth-order valence-electron chi connectivity index (χ4n) is 2.07.